The lowest BCUT2D eigenvalue weighted by molar-refractivity contribution is -0.143. The summed E-state index contributed by atoms with van der Waals surface area (Å²) in [5.41, 5.74) is 1.07. The zero-order valence-corrected chi connectivity index (χ0v) is 12.1. The molecule has 1 rings (SSSR count). The summed E-state index contributed by atoms with van der Waals surface area (Å²) in [4.78, 5) is 23.0. The van der Waals surface area contributed by atoms with E-state index in [-0.39, 0.29) is 11.8 Å². The van der Waals surface area contributed by atoms with Crippen molar-refractivity contribution in [3.8, 4) is 0 Å². The Morgan fingerprint density at radius 3 is 2.25 bits per heavy atom. The van der Waals surface area contributed by atoms with Gasteiger partial charge in [-0.25, -0.2) is 4.79 Å². The second-order valence-electron chi connectivity index (χ2n) is 5.16. The maximum Gasteiger partial charge on any atom is 0.326 e. The smallest absolute Gasteiger partial charge is 0.326 e. The number of carbonyl (C=O) groups is 2. The Bertz CT molecular complexity index is 446. The van der Waals surface area contributed by atoms with Gasteiger partial charge in [-0.2, -0.15) is 0 Å². The Hall–Kier alpha value is -1.88. The molecule has 0 spiro atoms. The number of amides is 1. The van der Waals surface area contributed by atoms with Crippen molar-refractivity contribution in [3.63, 3.8) is 0 Å². The number of benzene rings is 1. The molecule has 0 aliphatic rings. The van der Waals surface area contributed by atoms with E-state index >= 15 is 0 Å². The molecule has 0 aromatic heterocycles. The maximum absolute atomic E-state index is 11.9. The van der Waals surface area contributed by atoms with Crippen molar-refractivity contribution < 1.29 is 14.7 Å². The molecular formula is C15H22N2O3. The third-order valence-electron chi connectivity index (χ3n) is 3.08. The van der Waals surface area contributed by atoms with E-state index in [1.165, 1.54) is 0 Å². The van der Waals surface area contributed by atoms with Crippen LogP contribution in [0, 0.1) is 5.92 Å². The van der Waals surface area contributed by atoms with Crippen LogP contribution in [0.1, 0.15) is 26.3 Å². The van der Waals surface area contributed by atoms with Gasteiger partial charge in [-0.15, -0.1) is 0 Å². The van der Waals surface area contributed by atoms with Crippen molar-refractivity contribution in [1.29, 1.82) is 0 Å². The number of hydrogen-bond acceptors (Lipinski definition) is 3. The largest absolute Gasteiger partial charge is 0.480 e. The number of carbonyl (C=O) groups excluding carboxylic acids is 1. The molecule has 1 aromatic carbocycles. The van der Waals surface area contributed by atoms with Gasteiger partial charge in [-0.3, -0.25) is 4.79 Å². The van der Waals surface area contributed by atoms with E-state index in [1.807, 2.05) is 30.3 Å². The Kier molecular flexibility index (Phi) is 6.18. The third kappa shape index (κ3) is 5.01. The Morgan fingerprint density at radius 1 is 1.15 bits per heavy atom. The van der Waals surface area contributed by atoms with Crippen molar-refractivity contribution in [2.45, 2.75) is 39.4 Å². The van der Waals surface area contributed by atoms with Crippen LogP contribution in [0.4, 0.5) is 0 Å². The first-order valence-electron chi connectivity index (χ1n) is 6.72. The van der Waals surface area contributed by atoms with E-state index in [4.69, 9.17) is 5.11 Å². The molecule has 2 atom stereocenters. The highest BCUT2D eigenvalue weighted by molar-refractivity contribution is 5.86. The SMILES string of the molecule is CC(NCc1ccccc1)C(=O)NC(C(=O)O)C(C)C. The van der Waals surface area contributed by atoms with Crippen LogP contribution >= 0.6 is 0 Å². The topological polar surface area (TPSA) is 78.4 Å². The molecule has 1 amide bonds. The summed E-state index contributed by atoms with van der Waals surface area (Å²) in [6.45, 7) is 5.81. The minimum atomic E-state index is -1.01. The highest BCUT2D eigenvalue weighted by Gasteiger charge is 2.25. The molecule has 20 heavy (non-hydrogen) atoms. The lowest BCUT2D eigenvalue weighted by atomic mass is 10.0. The van der Waals surface area contributed by atoms with E-state index in [0.29, 0.717) is 6.54 Å². The first-order chi connectivity index (χ1) is 9.41. The van der Waals surface area contributed by atoms with Gasteiger partial charge in [0.1, 0.15) is 6.04 Å². The van der Waals surface area contributed by atoms with Crippen molar-refractivity contribution >= 4 is 11.9 Å². The van der Waals surface area contributed by atoms with Crippen LogP contribution in [0.5, 0.6) is 0 Å². The normalized spacial score (nSPS) is 13.8. The molecule has 5 heteroatoms. The molecule has 0 heterocycles. The van der Waals surface area contributed by atoms with Gasteiger partial charge in [-0.1, -0.05) is 44.2 Å². The molecule has 0 saturated heterocycles. The van der Waals surface area contributed by atoms with Crippen LogP contribution in [0.15, 0.2) is 30.3 Å². The Balaban J connectivity index is 2.48. The van der Waals surface area contributed by atoms with E-state index < -0.39 is 18.1 Å². The van der Waals surface area contributed by atoms with Gasteiger partial charge in [0, 0.05) is 6.54 Å². The van der Waals surface area contributed by atoms with Gasteiger partial charge in [0.25, 0.3) is 0 Å². The van der Waals surface area contributed by atoms with Gasteiger partial charge in [0.05, 0.1) is 6.04 Å². The van der Waals surface area contributed by atoms with Gasteiger partial charge in [0.2, 0.25) is 5.91 Å². The summed E-state index contributed by atoms with van der Waals surface area (Å²) >= 11 is 0. The average molecular weight is 278 g/mol. The molecule has 0 saturated carbocycles. The summed E-state index contributed by atoms with van der Waals surface area (Å²) in [5, 5.41) is 14.7. The van der Waals surface area contributed by atoms with E-state index in [9.17, 15) is 9.59 Å². The first kappa shape index (κ1) is 16.2. The Labute approximate surface area is 119 Å². The van der Waals surface area contributed by atoms with Crippen LogP contribution in [0.3, 0.4) is 0 Å². The summed E-state index contributed by atoms with van der Waals surface area (Å²) in [7, 11) is 0. The molecule has 110 valence electrons. The van der Waals surface area contributed by atoms with Crippen LogP contribution in [0.25, 0.3) is 0 Å². The summed E-state index contributed by atoms with van der Waals surface area (Å²) < 4.78 is 0. The summed E-state index contributed by atoms with van der Waals surface area (Å²) in [6.07, 6.45) is 0. The van der Waals surface area contributed by atoms with Crippen molar-refractivity contribution in [2.24, 2.45) is 5.92 Å². The number of nitrogens with one attached hydrogen (secondary N) is 2. The van der Waals surface area contributed by atoms with Crippen molar-refractivity contribution in [1.82, 2.24) is 10.6 Å². The molecule has 5 nitrogen and oxygen atoms in total. The predicted octanol–water partition coefficient (Wildman–Crippen LogP) is 1.39. The van der Waals surface area contributed by atoms with E-state index in [2.05, 4.69) is 10.6 Å². The van der Waals surface area contributed by atoms with Gasteiger partial charge in [0.15, 0.2) is 0 Å². The minimum Gasteiger partial charge on any atom is -0.480 e. The van der Waals surface area contributed by atoms with Gasteiger partial charge >= 0.3 is 5.97 Å². The zero-order chi connectivity index (χ0) is 15.1. The average Bonchev–Trinajstić information content (AvgIpc) is 2.42. The summed E-state index contributed by atoms with van der Waals surface area (Å²) in [5.74, 6) is -1.47. The molecule has 0 fully saturated rings. The van der Waals surface area contributed by atoms with Gasteiger partial charge < -0.3 is 15.7 Å². The van der Waals surface area contributed by atoms with E-state index in [1.54, 1.807) is 20.8 Å². The lowest BCUT2D eigenvalue weighted by Crippen LogP contribution is -2.50. The van der Waals surface area contributed by atoms with Gasteiger partial charge in [-0.05, 0) is 18.4 Å². The highest BCUT2D eigenvalue weighted by Crippen LogP contribution is 2.03. The second-order valence-corrected chi connectivity index (χ2v) is 5.16. The standard InChI is InChI=1S/C15H22N2O3/c1-10(2)13(15(19)20)17-14(18)11(3)16-9-12-7-5-4-6-8-12/h4-8,10-11,13,16H,9H2,1-3H3,(H,17,18)(H,19,20). The fraction of sp³-hybridized carbons (Fsp3) is 0.467. The predicted molar refractivity (Wildman–Crippen MR) is 77.1 cm³/mol. The van der Waals surface area contributed by atoms with Crippen LogP contribution in [0.2, 0.25) is 0 Å². The lowest BCUT2D eigenvalue weighted by Gasteiger charge is -2.21. The van der Waals surface area contributed by atoms with Crippen LogP contribution in [-0.4, -0.2) is 29.1 Å². The monoisotopic (exact) mass is 278 g/mol. The maximum atomic E-state index is 11.9. The first-order valence-corrected chi connectivity index (χ1v) is 6.72. The Morgan fingerprint density at radius 2 is 1.75 bits per heavy atom. The number of carboxylic acids is 1. The van der Waals surface area contributed by atoms with E-state index in [0.717, 1.165) is 5.56 Å². The molecule has 0 aliphatic carbocycles. The van der Waals surface area contributed by atoms with Crippen LogP contribution in [-0.2, 0) is 16.1 Å². The number of aliphatic carboxylic acids is 1. The molecular weight excluding hydrogens is 256 g/mol. The number of rotatable bonds is 7. The minimum absolute atomic E-state index is 0.155. The molecule has 0 aliphatic heterocycles. The molecule has 1 aromatic rings. The van der Waals surface area contributed by atoms with Crippen LogP contribution < -0.4 is 10.6 Å². The number of hydrogen-bond donors (Lipinski definition) is 3. The zero-order valence-electron chi connectivity index (χ0n) is 12.1. The highest BCUT2D eigenvalue weighted by atomic mass is 16.4. The molecule has 2 unspecified atom stereocenters. The van der Waals surface area contributed by atoms with Crippen molar-refractivity contribution in [3.05, 3.63) is 35.9 Å². The molecule has 0 radical (unpaired) electrons. The van der Waals surface area contributed by atoms with Crippen molar-refractivity contribution in [2.75, 3.05) is 0 Å². The third-order valence-corrected chi connectivity index (χ3v) is 3.08. The quantitative estimate of drug-likeness (QED) is 0.704. The fourth-order valence-electron chi connectivity index (χ4n) is 1.75. The number of carboxylic acid groups (broad SMARTS) is 1. The molecule has 3 N–H and O–H groups in total. The summed E-state index contributed by atoms with van der Waals surface area (Å²) in [6, 6.07) is 8.42. The molecule has 0 bridgehead atoms. The fourth-order valence-corrected chi connectivity index (χ4v) is 1.75. The second kappa shape index (κ2) is 7.65.